The molecule has 1 spiro atoms. The third-order valence-electron chi connectivity index (χ3n) is 9.49. The molecule has 7 rings (SSSR count). The summed E-state index contributed by atoms with van der Waals surface area (Å²) < 4.78 is 29.5. The van der Waals surface area contributed by atoms with Gasteiger partial charge in [-0.25, -0.2) is 0 Å². The Bertz CT molecular complexity index is 1860. The lowest BCUT2D eigenvalue weighted by molar-refractivity contribution is -0.146. The first kappa shape index (κ1) is 30.8. The summed E-state index contributed by atoms with van der Waals surface area (Å²) in [5, 5.41) is 9.84. The fourth-order valence-electron chi connectivity index (χ4n) is 7.62. The number of benzene rings is 4. The van der Waals surface area contributed by atoms with Crippen molar-refractivity contribution >= 4 is 53.2 Å². The Morgan fingerprint density at radius 1 is 0.935 bits per heavy atom. The van der Waals surface area contributed by atoms with Gasteiger partial charge in [-0.15, -0.1) is 0 Å². The normalized spacial score (nSPS) is 23.7. The number of nitrogens with zero attached hydrogens (tertiary/aromatic N) is 2. The highest BCUT2D eigenvalue weighted by atomic mass is 79.9. The van der Waals surface area contributed by atoms with Crippen molar-refractivity contribution < 1.29 is 28.3 Å². The van der Waals surface area contributed by atoms with Crippen LogP contribution < -0.4 is 14.5 Å². The number of halogens is 2. The van der Waals surface area contributed by atoms with Gasteiger partial charge < -0.3 is 23.6 Å². The molecule has 7 nitrogen and oxygen atoms in total. The molecule has 10 heteroatoms. The lowest BCUT2D eigenvalue weighted by Gasteiger charge is -2.31. The molecule has 0 unspecified atom stereocenters. The number of para-hydroxylation sites is 3. The monoisotopic (exact) mass is 700 g/mol. The van der Waals surface area contributed by atoms with Gasteiger partial charge in [-0.05, 0) is 79.7 Å². The smallest absolute Gasteiger partial charge is 0.266 e. The van der Waals surface area contributed by atoms with Crippen LogP contribution in [0, 0.1) is 5.92 Å². The number of hydrogen-bond donors (Lipinski definition) is 1. The zero-order chi connectivity index (χ0) is 32.4. The summed E-state index contributed by atoms with van der Waals surface area (Å²) in [5.74, 6) is 0.120. The van der Waals surface area contributed by atoms with E-state index in [0.717, 1.165) is 10.0 Å². The van der Waals surface area contributed by atoms with Crippen LogP contribution in [0.25, 0.3) is 0 Å². The molecule has 0 aliphatic carbocycles. The van der Waals surface area contributed by atoms with Crippen LogP contribution in [0.15, 0.2) is 95.5 Å². The van der Waals surface area contributed by atoms with Gasteiger partial charge in [0.1, 0.15) is 5.75 Å². The van der Waals surface area contributed by atoms with E-state index in [4.69, 9.17) is 9.47 Å². The van der Waals surface area contributed by atoms with Crippen LogP contribution in [0.2, 0.25) is 18.6 Å². The minimum Gasteiger partial charge on any atom is -0.454 e. The second-order valence-corrected chi connectivity index (χ2v) is 17.4. The first-order valence-corrected chi connectivity index (χ1v) is 19.2. The van der Waals surface area contributed by atoms with E-state index in [1.54, 1.807) is 35.0 Å². The Morgan fingerprint density at radius 2 is 1.67 bits per heavy atom. The summed E-state index contributed by atoms with van der Waals surface area (Å²) in [7, 11) is -3.30. The molecule has 0 aromatic heterocycles. The SMILES string of the molecule is C[C@H]1[C@H]([Si](C)(C)F)[C@@H](CCO)O[C@]12C(=O)N(Cc1cccc(N3C(=O)c4ccccc4Oc4ccccc43)c1)c1ccc(Br)cc12. The van der Waals surface area contributed by atoms with E-state index in [1.165, 1.54) is 0 Å². The average molecular weight is 702 g/mol. The molecule has 1 fully saturated rings. The number of anilines is 3. The van der Waals surface area contributed by atoms with Crippen molar-refractivity contribution in [2.24, 2.45) is 5.92 Å². The van der Waals surface area contributed by atoms with Crippen molar-refractivity contribution in [3.8, 4) is 11.5 Å². The third-order valence-corrected chi connectivity index (χ3v) is 12.4. The Morgan fingerprint density at radius 3 is 2.43 bits per heavy atom. The lowest BCUT2D eigenvalue weighted by atomic mass is 9.82. The van der Waals surface area contributed by atoms with E-state index >= 15 is 4.11 Å². The zero-order valence-corrected chi connectivity index (χ0v) is 28.3. The van der Waals surface area contributed by atoms with Gasteiger partial charge >= 0.3 is 0 Å². The van der Waals surface area contributed by atoms with Crippen molar-refractivity contribution in [2.45, 2.75) is 50.2 Å². The Labute approximate surface area is 276 Å². The van der Waals surface area contributed by atoms with Crippen molar-refractivity contribution in [3.05, 3.63) is 112 Å². The van der Waals surface area contributed by atoms with Gasteiger partial charge in [-0.3, -0.25) is 14.5 Å². The molecule has 4 atom stereocenters. The number of amides is 2. The third kappa shape index (κ3) is 4.81. The number of rotatable bonds is 6. The van der Waals surface area contributed by atoms with E-state index in [9.17, 15) is 14.7 Å². The molecule has 4 aromatic carbocycles. The van der Waals surface area contributed by atoms with Gasteiger partial charge in [-0.1, -0.05) is 59.3 Å². The van der Waals surface area contributed by atoms with Gasteiger partial charge in [0.15, 0.2) is 11.4 Å². The number of aliphatic hydroxyl groups is 1. The largest absolute Gasteiger partial charge is 0.454 e. The Balaban J connectivity index is 1.28. The number of fused-ring (bicyclic) bond motifs is 4. The van der Waals surface area contributed by atoms with E-state index < -0.39 is 31.6 Å². The van der Waals surface area contributed by atoms with Gasteiger partial charge in [-0.2, -0.15) is 0 Å². The highest BCUT2D eigenvalue weighted by molar-refractivity contribution is 9.10. The van der Waals surface area contributed by atoms with E-state index in [1.807, 2.05) is 85.8 Å². The van der Waals surface area contributed by atoms with E-state index in [0.29, 0.717) is 39.7 Å². The first-order valence-electron chi connectivity index (χ1n) is 15.4. The molecular formula is C36H34BrFN2O5Si. The number of hydrogen-bond acceptors (Lipinski definition) is 5. The van der Waals surface area contributed by atoms with Crippen LogP contribution in [0.4, 0.5) is 21.2 Å². The zero-order valence-electron chi connectivity index (χ0n) is 25.7. The Hall–Kier alpha value is -3.83. The number of carbonyl (C=O) groups excluding carboxylic acids is 2. The van der Waals surface area contributed by atoms with Gasteiger partial charge in [0, 0.05) is 33.8 Å². The fourth-order valence-corrected chi connectivity index (χ4v) is 10.5. The summed E-state index contributed by atoms with van der Waals surface area (Å²) in [6.45, 7) is 5.26. The molecule has 1 saturated heterocycles. The molecule has 0 saturated carbocycles. The number of carbonyl (C=O) groups is 2. The molecule has 0 radical (unpaired) electrons. The first-order chi connectivity index (χ1) is 22.0. The maximum atomic E-state index is 15.9. The van der Waals surface area contributed by atoms with Gasteiger partial charge in [0.05, 0.1) is 29.6 Å². The summed E-state index contributed by atoms with van der Waals surface area (Å²) in [4.78, 5) is 32.0. The second kappa shape index (κ2) is 11.4. The van der Waals surface area contributed by atoms with Crippen molar-refractivity contribution in [1.82, 2.24) is 0 Å². The molecule has 2 amide bonds. The van der Waals surface area contributed by atoms with E-state index in [2.05, 4.69) is 15.9 Å². The predicted octanol–water partition coefficient (Wildman–Crippen LogP) is 8.24. The Kier molecular flexibility index (Phi) is 7.67. The molecular weight excluding hydrogens is 667 g/mol. The standard InChI is InChI=1S/C36H34BrFN2O5Si/c1-22-33(46(2,3)38)32(17-18-41)45-36(22)27-20-24(37)15-16-28(27)39(35(36)43)21-23-9-8-10-25(19-23)40-29-12-5-7-14-31(29)44-30-13-6-4-11-26(30)34(40)42/h4-16,19-20,22,32-33,41H,17-18,21H2,1-3H3/t22-,32+,33-,36+/m0/s1. The van der Waals surface area contributed by atoms with Crippen molar-refractivity contribution in [2.75, 3.05) is 16.4 Å². The average Bonchev–Trinajstić information content (AvgIpc) is 3.39. The maximum Gasteiger partial charge on any atom is 0.266 e. The lowest BCUT2D eigenvalue weighted by Crippen LogP contribution is -2.45. The summed E-state index contributed by atoms with van der Waals surface area (Å²) in [6.07, 6.45) is -0.321. The highest BCUT2D eigenvalue weighted by Gasteiger charge is 2.66. The van der Waals surface area contributed by atoms with Crippen LogP contribution in [-0.2, 0) is 21.7 Å². The number of aliphatic hydroxyl groups excluding tert-OH is 1. The van der Waals surface area contributed by atoms with Gasteiger partial charge in [0.25, 0.3) is 11.8 Å². The quantitative estimate of drug-likeness (QED) is 0.162. The fraction of sp³-hybridized carbons (Fsp3) is 0.278. The van der Waals surface area contributed by atoms with Crippen molar-refractivity contribution in [1.29, 1.82) is 0 Å². The summed E-state index contributed by atoms with van der Waals surface area (Å²) >= 11 is 3.57. The van der Waals surface area contributed by atoms with Gasteiger partial charge in [0.2, 0.25) is 8.41 Å². The number of ether oxygens (including phenoxy) is 2. The molecule has 46 heavy (non-hydrogen) atoms. The molecule has 3 heterocycles. The second-order valence-electron chi connectivity index (χ2n) is 12.7. The molecule has 1 N–H and O–H groups in total. The molecule has 236 valence electrons. The van der Waals surface area contributed by atoms with Crippen LogP contribution in [0.5, 0.6) is 11.5 Å². The maximum absolute atomic E-state index is 15.9. The van der Waals surface area contributed by atoms with Crippen LogP contribution in [0.1, 0.15) is 34.8 Å². The van der Waals surface area contributed by atoms with Crippen molar-refractivity contribution in [3.63, 3.8) is 0 Å². The minimum absolute atomic E-state index is 0.154. The summed E-state index contributed by atoms with van der Waals surface area (Å²) in [6, 6.07) is 27.8. The van der Waals surface area contributed by atoms with Crippen LogP contribution >= 0.6 is 15.9 Å². The topological polar surface area (TPSA) is 79.3 Å². The van der Waals surface area contributed by atoms with Crippen LogP contribution in [0.3, 0.4) is 0 Å². The molecule has 3 aliphatic rings. The van der Waals surface area contributed by atoms with E-state index in [-0.39, 0.29) is 31.4 Å². The molecule has 3 aliphatic heterocycles. The molecule has 0 bridgehead atoms. The highest BCUT2D eigenvalue weighted by Crippen LogP contribution is 2.60. The minimum atomic E-state index is -3.30. The van der Waals surface area contributed by atoms with Crippen LogP contribution in [-0.4, -0.2) is 38.0 Å². The molecule has 4 aromatic rings. The summed E-state index contributed by atoms with van der Waals surface area (Å²) in [5.41, 5.74) is 2.03. The predicted molar refractivity (Wildman–Crippen MR) is 181 cm³/mol.